The molecule has 1 aromatic heterocycles. The second-order valence-electron chi connectivity index (χ2n) is 5.55. The molecular weight excluding hydrogens is 342 g/mol. The van der Waals surface area contributed by atoms with Gasteiger partial charge in [-0.25, -0.2) is 0 Å². The van der Waals surface area contributed by atoms with Gasteiger partial charge < -0.3 is 20.6 Å². The second kappa shape index (κ2) is 8.57. The SMILES string of the molecule is CCCOc1ccc(Cc2c(O)nc(SCC(N)=O)[nH]c2=O)cc1C. The average Bonchev–Trinajstić information content (AvgIpc) is 2.55. The summed E-state index contributed by atoms with van der Waals surface area (Å²) in [5.74, 6) is -0.100. The van der Waals surface area contributed by atoms with Crippen LogP contribution < -0.4 is 16.0 Å². The van der Waals surface area contributed by atoms with Crippen molar-refractivity contribution in [1.29, 1.82) is 0 Å². The standard InChI is InChI=1S/C17H21N3O4S/c1-3-6-24-13-5-4-11(7-10(13)2)8-12-15(22)19-17(20-16(12)23)25-9-14(18)21/h4-5,7H,3,6,8-9H2,1-2H3,(H2,18,21)(H2,19,20,22,23). The van der Waals surface area contributed by atoms with Crippen LogP contribution in [0.5, 0.6) is 11.6 Å². The fourth-order valence-electron chi connectivity index (χ4n) is 2.23. The molecule has 0 fully saturated rings. The zero-order chi connectivity index (χ0) is 18.4. The molecule has 0 aliphatic rings. The Labute approximate surface area is 149 Å². The Bertz CT molecular complexity index is 820. The highest BCUT2D eigenvalue weighted by Gasteiger charge is 2.13. The number of ether oxygens (including phenoxy) is 1. The highest BCUT2D eigenvalue weighted by atomic mass is 32.2. The van der Waals surface area contributed by atoms with E-state index >= 15 is 0 Å². The average molecular weight is 363 g/mol. The summed E-state index contributed by atoms with van der Waals surface area (Å²) in [5, 5.41) is 10.2. The van der Waals surface area contributed by atoms with Gasteiger partial charge in [0.05, 0.1) is 17.9 Å². The number of primary amides is 1. The number of carbonyl (C=O) groups excluding carboxylic acids is 1. The third kappa shape index (κ3) is 5.25. The molecule has 0 bridgehead atoms. The summed E-state index contributed by atoms with van der Waals surface area (Å²) < 4.78 is 5.63. The monoisotopic (exact) mass is 363 g/mol. The van der Waals surface area contributed by atoms with Crippen LogP contribution in [0.3, 0.4) is 0 Å². The molecule has 1 heterocycles. The first-order valence-electron chi connectivity index (χ1n) is 7.86. The van der Waals surface area contributed by atoms with E-state index in [-0.39, 0.29) is 28.8 Å². The maximum Gasteiger partial charge on any atom is 0.258 e. The minimum atomic E-state index is -0.530. The number of amides is 1. The first kappa shape index (κ1) is 18.9. The Morgan fingerprint density at radius 1 is 1.44 bits per heavy atom. The molecule has 0 unspecified atom stereocenters. The first-order chi connectivity index (χ1) is 11.9. The molecular formula is C17H21N3O4S. The van der Waals surface area contributed by atoms with Crippen molar-refractivity contribution in [2.75, 3.05) is 12.4 Å². The van der Waals surface area contributed by atoms with E-state index in [0.29, 0.717) is 6.61 Å². The third-order valence-electron chi connectivity index (χ3n) is 3.40. The summed E-state index contributed by atoms with van der Waals surface area (Å²) in [6.45, 7) is 4.62. The smallest absolute Gasteiger partial charge is 0.258 e. The molecule has 0 saturated heterocycles. The van der Waals surface area contributed by atoms with E-state index in [0.717, 1.165) is 35.1 Å². The number of nitrogens with one attached hydrogen (secondary N) is 1. The van der Waals surface area contributed by atoms with E-state index in [1.54, 1.807) is 0 Å². The number of hydrogen-bond acceptors (Lipinski definition) is 6. The Morgan fingerprint density at radius 3 is 2.80 bits per heavy atom. The second-order valence-corrected chi connectivity index (χ2v) is 6.52. The van der Waals surface area contributed by atoms with Crippen molar-refractivity contribution in [3.8, 4) is 11.6 Å². The maximum atomic E-state index is 12.2. The number of H-pyrrole nitrogens is 1. The molecule has 2 aromatic rings. The summed E-state index contributed by atoms with van der Waals surface area (Å²) in [5.41, 5.74) is 6.61. The quantitative estimate of drug-likeness (QED) is 0.486. The minimum Gasteiger partial charge on any atom is -0.493 e. The molecule has 7 nitrogen and oxygen atoms in total. The van der Waals surface area contributed by atoms with Crippen LogP contribution in [0.15, 0.2) is 28.2 Å². The number of nitrogens with two attached hydrogens (primary N) is 1. The molecule has 0 spiro atoms. The van der Waals surface area contributed by atoms with E-state index in [4.69, 9.17) is 10.5 Å². The molecule has 0 saturated carbocycles. The van der Waals surface area contributed by atoms with Gasteiger partial charge in [0.1, 0.15) is 5.75 Å². The Hall–Kier alpha value is -2.48. The molecule has 1 aromatic carbocycles. The van der Waals surface area contributed by atoms with Crippen molar-refractivity contribution in [1.82, 2.24) is 9.97 Å². The van der Waals surface area contributed by atoms with Gasteiger partial charge in [0.2, 0.25) is 11.8 Å². The van der Waals surface area contributed by atoms with E-state index < -0.39 is 11.5 Å². The van der Waals surface area contributed by atoms with Crippen LogP contribution >= 0.6 is 11.8 Å². The van der Waals surface area contributed by atoms with Gasteiger partial charge in [0.15, 0.2) is 5.16 Å². The fourth-order valence-corrected chi connectivity index (χ4v) is 2.83. The number of aromatic amines is 1. The van der Waals surface area contributed by atoms with Crippen molar-refractivity contribution < 1.29 is 14.6 Å². The number of rotatable bonds is 8. The molecule has 4 N–H and O–H groups in total. The molecule has 0 atom stereocenters. The molecule has 1 amide bonds. The van der Waals surface area contributed by atoms with E-state index in [9.17, 15) is 14.7 Å². The van der Waals surface area contributed by atoms with Crippen LogP contribution in [0.2, 0.25) is 0 Å². The minimum absolute atomic E-state index is 0.0276. The maximum absolute atomic E-state index is 12.2. The highest BCUT2D eigenvalue weighted by molar-refractivity contribution is 7.99. The van der Waals surface area contributed by atoms with Crippen LogP contribution in [0.4, 0.5) is 0 Å². The summed E-state index contributed by atoms with van der Waals surface area (Å²) >= 11 is 0.966. The Balaban J connectivity index is 2.18. The number of hydrogen-bond donors (Lipinski definition) is 3. The van der Waals surface area contributed by atoms with Crippen molar-refractivity contribution in [2.24, 2.45) is 5.73 Å². The zero-order valence-electron chi connectivity index (χ0n) is 14.2. The van der Waals surface area contributed by atoms with Crippen LogP contribution in [0, 0.1) is 6.92 Å². The lowest BCUT2D eigenvalue weighted by atomic mass is 10.0. The van der Waals surface area contributed by atoms with Crippen LogP contribution in [0.25, 0.3) is 0 Å². The van der Waals surface area contributed by atoms with Crippen molar-refractivity contribution in [2.45, 2.75) is 31.8 Å². The lowest BCUT2D eigenvalue weighted by molar-refractivity contribution is -0.115. The number of benzene rings is 1. The predicted molar refractivity (Wildman–Crippen MR) is 96.2 cm³/mol. The molecule has 134 valence electrons. The summed E-state index contributed by atoms with van der Waals surface area (Å²) in [4.78, 5) is 29.4. The van der Waals surface area contributed by atoms with Crippen LogP contribution in [-0.4, -0.2) is 33.3 Å². The number of carbonyl (C=O) groups is 1. The van der Waals surface area contributed by atoms with Gasteiger partial charge in [-0.15, -0.1) is 0 Å². The van der Waals surface area contributed by atoms with Gasteiger partial charge >= 0.3 is 0 Å². The molecule has 0 aliphatic carbocycles. The number of nitrogens with zero attached hydrogens (tertiary/aromatic N) is 1. The van der Waals surface area contributed by atoms with Gasteiger partial charge in [0.25, 0.3) is 5.56 Å². The highest BCUT2D eigenvalue weighted by Crippen LogP contribution is 2.23. The van der Waals surface area contributed by atoms with Crippen molar-refractivity contribution >= 4 is 17.7 Å². The Morgan fingerprint density at radius 2 is 2.20 bits per heavy atom. The van der Waals surface area contributed by atoms with E-state index in [1.165, 1.54) is 0 Å². The topological polar surface area (TPSA) is 118 Å². The number of aryl methyl sites for hydroxylation is 1. The molecule has 8 heteroatoms. The van der Waals surface area contributed by atoms with E-state index in [1.807, 2.05) is 32.0 Å². The first-order valence-corrected chi connectivity index (χ1v) is 8.84. The van der Waals surface area contributed by atoms with Crippen molar-refractivity contribution in [3.63, 3.8) is 0 Å². The summed E-state index contributed by atoms with van der Waals surface area (Å²) in [7, 11) is 0. The summed E-state index contributed by atoms with van der Waals surface area (Å²) in [6, 6.07) is 5.63. The predicted octanol–water partition coefficient (Wildman–Crippen LogP) is 1.74. The van der Waals surface area contributed by atoms with Crippen LogP contribution in [-0.2, 0) is 11.2 Å². The molecule has 0 aliphatic heterocycles. The third-order valence-corrected chi connectivity index (χ3v) is 4.30. The lowest BCUT2D eigenvalue weighted by Gasteiger charge is -2.10. The van der Waals surface area contributed by atoms with Gasteiger partial charge in [-0.05, 0) is 30.5 Å². The largest absolute Gasteiger partial charge is 0.493 e. The van der Waals surface area contributed by atoms with Gasteiger partial charge in [-0.1, -0.05) is 30.8 Å². The number of thioether (sulfide) groups is 1. The fraction of sp³-hybridized carbons (Fsp3) is 0.353. The van der Waals surface area contributed by atoms with Crippen LogP contribution in [0.1, 0.15) is 30.0 Å². The van der Waals surface area contributed by atoms with Gasteiger partial charge in [-0.2, -0.15) is 4.98 Å². The lowest BCUT2D eigenvalue weighted by Crippen LogP contribution is -2.17. The molecule has 25 heavy (non-hydrogen) atoms. The Kier molecular flexibility index (Phi) is 6.46. The van der Waals surface area contributed by atoms with E-state index in [2.05, 4.69) is 9.97 Å². The summed E-state index contributed by atoms with van der Waals surface area (Å²) in [6.07, 6.45) is 1.17. The van der Waals surface area contributed by atoms with Gasteiger partial charge in [-0.3, -0.25) is 9.59 Å². The number of aromatic nitrogens is 2. The number of aromatic hydroxyl groups is 1. The normalized spacial score (nSPS) is 10.6. The van der Waals surface area contributed by atoms with Gasteiger partial charge in [0, 0.05) is 6.42 Å². The molecule has 0 radical (unpaired) electrons. The zero-order valence-corrected chi connectivity index (χ0v) is 15.0. The molecule has 2 rings (SSSR count). The van der Waals surface area contributed by atoms with Crippen molar-refractivity contribution in [3.05, 3.63) is 45.2 Å².